The van der Waals surface area contributed by atoms with Gasteiger partial charge in [0, 0.05) is 37.9 Å². The molecule has 0 saturated carbocycles. The number of ether oxygens (including phenoxy) is 1. The zero-order valence-electron chi connectivity index (χ0n) is 13.0. The number of nitrogens with zero attached hydrogens (tertiary/aromatic N) is 2. The lowest BCUT2D eigenvalue weighted by atomic mass is 10.2. The molecule has 0 spiro atoms. The van der Waals surface area contributed by atoms with Crippen LogP contribution in [-0.2, 0) is 4.74 Å². The molecule has 1 N–H and O–H groups in total. The van der Waals surface area contributed by atoms with Crippen molar-refractivity contribution in [3.8, 4) is 0 Å². The van der Waals surface area contributed by atoms with E-state index in [1.807, 2.05) is 11.8 Å². The van der Waals surface area contributed by atoms with Gasteiger partial charge in [0.15, 0.2) is 5.78 Å². The Hall–Kier alpha value is -1.66. The third kappa shape index (κ3) is 3.39. The van der Waals surface area contributed by atoms with Gasteiger partial charge in [-0.3, -0.25) is 14.5 Å². The molecule has 0 aromatic carbocycles. The van der Waals surface area contributed by atoms with Gasteiger partial charge in [-0.15, -0.1) is 0 Å². The van der Waals surface area contributed by atoms with Gasteiger partial charge in [-0.2, -0.15) is 0 Å². The van der Waals surface area contributed by atoms with E-state index in [-0.39, 0.29) is 17.8 Å². The number of likely N-dealkylation sites (tertiary alicyclic amines) is 1. The van der Waals surface area contributed by atoms with Crippen molar-refractivity contribution in [2.24, 2.45) is 0 Å². The van der Waals surface area contributed by atoms with Gasteiger partial charge >= 0.3 is 0 Å². The first-order valence-corrected chi connectivity index (χ1v) is 7.98. The first kappa shape index (κ1) is 15.2. The van der Waals surface area contributed by atoms with Crippen LogP contribution in [0.3, 0.4) is 0 Å². The molecular weight excluding hydrogens is 282 g/mol. The van der Waals surface area contributed by atoms with E-state index in [4.69, 9.17) is 4.74 Å². The molecule has 1 atom stereocenters. The quantitative estimate of drug-likeness (QED) is 0.848. The number of aromatic amines is 1. The molecule has 0 unspecified atom stereocenters. The average Bonchev–Trinajstić information content (AvgIpc) is 3.18. The molecule has 0 radical (unpaired) electrons. The summed E-state index contributed by atoms with van der Waals surface area (Å²) < 4.78 is 5.48. The van der Waals surface area contributed by atoms with Crippen LogP contribution in [0.25, 0.3) is 0 Å². The Bertz CT molecular complexity index is 549. The largest absolute Gasteiger partial charge is 0.376 e. The predicted molar refractivity (Wildman–Crippen MR) is 82.1 cm³/mol. The molecule has 3 heterocycles. The van der Waals surface area contributed by atoms with Gasteiger partial charge in [-0.1, -0.05) is 0 Å². The lowest BCUT2D eigenvalue weighted by Gasteiger charge is -2.30. The molecule has 6 heteroatoms. The topological polar surface area (TPSA) is 65.6 Å². The smallest absolute Gasteiger partial charge is 0.270 e. The highest BCUT2D eigenvalue weighted by Gasteiger charge is 2.23. The number of nitrogens with one attached hydrogen (secondary N) is 1. The standard InChI is InChI=1S/C16H23N3O3/c1-12-10-18(6-7-22-12)11-15(20)13-8-14(17-9-13)16(21)19-4-2-3-5-19/h8-9,12,17H,2-7,10-11H2,1H3/t12-/m0/s1. The number of carbonyl (C=O) groups is 2. The Balaban J connectivity index is 1.60. The summed E-state index contributed by atoms with van der Waals surface area (Å²) in [5.74, 6) is 0.0439. The number of rotatable bonds is 4. The summed E-state index contributed by atoms with van der Waals surface area (Å²) in [6, 6.07) is 1.69. The van der Waals surface area contributed by atoms with Crippen LogP contribution in [0.4, 0.5) is 0 Å². The molecule has 22 heavy (non-hydrogen) atoms. The number of carbonyl (C=O) groups excluding carboxylic acids is 2. The molecule has 0 bridgehead atoms. The number of amides is 1. The lowest BCUT2D eigenvalue weighted by molar-refractivity contribution is -0.0158. The van der Waals surface area contributed by atoms with E-state index in [0.29, 0.717) is 24.4 Å². The third-order valence-electron chi connectivity index (χ3n) is 4.32. The van der Waals surface area contributed by atoms with Crippen LogP contribution in [0.5, 0.6) is 0 Å². The minimum Gasteiger partial charge on any atom is -0.376 e. The molecular formula is C16H23N3O3. The summed E-state index contributed by atoms with van der Waals surface area (Å²) in [4.78, 5) is 31.5. The maximum absolute atomic E-state index is 12.3. The van der Waals surface area contributed by atoms with Crippen molar-refractivity contribution in [2.45, 2.75) is 25.9 Å². The minimum absolute atomic E-state index is 0.00320. The summed E-state index contributed by atoms with van der Waals surface area (Å²) >= 11 is 0. The Morgan fingerprint density at radius 1 is 1.32 bits per heavy atom. The van der Waals surface area contributed by atoms with Gasteiger partial charge in [0.2, 0.25) is 0 Å². The van der Waals surface area contributed by atoms with E-state index in [2.05, 4.69) is 9.88 Å². The van der Waals surface area contributed by atoms with Crippen LogP contribution < -0.4 is 0 Å². The first-order chi connectivity index (χ1) is 10.6. The van der Waals surface area contributed by atoms with Crippen molar-refractivity contribution in [2.75, 3.05) is 39.3 Å². The van der Waals surface area contributed by atoms with Crippen molar-refractivity contribution in [1.82, 2.24) is 14.8 Å². The Labute approximate surface area is 130 Å². The van der Waals surface area contributed by atoms with Gasteiger partial charge in [0.05, 0.1) is 19.3 Å². The van der Waals surface area contributed by atoms with Crippen molar-refractivity contribution in [3.05, 3.63) is 23.5 Å². The number of hydrogen-bond donors (Lipinski definition) is 1. The molecule has 6 nitrogen and oxygen atoms in total. The molecule has 120 valence electrons. The number of hydrogen-bond acceptors (Lipinski definition) is 4. The second-order valence-corrected chi connectivity index (χ2v) is 6.14. The Morgan fingerprint density at radius 3 is 2.82 bits per heavy atom. The highest BCUT2D eigenvalue weighted by molar-refractivity contribution is 6.01. The molecule has 2 saturated heterocycles. The highest BCUT2D eigenvalue weighted by Crippen LogP contribution is 2.14. The molecule has 0 aliphatic carbocycles. The van der Waals surface area contributed by atoms with Crippen molar-refractivity contribution in [3.63, 3.8) is 0 Å². The van der Waals surface area contributed by atoms with Crippen LogP contribution in [-0.4, -0.2) is 71.9 Å². The van der Waals surface area contributed by atoms with Gasteiger partial charge in [-0.25, -0.2) is 0 Å². The molecule has 2 fully saturated rings. The first-order valence-electron chi connectivity index (χ1n) is 7.98. The van der Waals surface area contributed by atoms with Gasteiger partial charge in [0.1, 0.15) is 5.69 Å². The minimum atomic E-state index is -0.00320. The van der Waals surface area contributed by atoms with E-state index in [1.165, 1.54) is 0 Å². The van der Waals surface area contributed by atoms with Crippen molar-refractivity contribution in [1.29, 1.82) is 0 Å². The maximum Gasteiger partial charge on any atom is 0.270 e. The SMILES string of the molecule is C[C@H]1CN(CC(=O)c2c[nH]c(C(=O)N3CCCC3)c2)CCO1. The number of ketones is 1. The van der Waals surface area contributed by atoms with Crippen LogP contribution in [0.2, 0.25) is 0 Å². The number of aromatic nitrogens is 1. The zero-order valence-corrected chi connectivity index (χ0v) is 13.0. The normalized spacial score (nSPS) is 23.0. The fourth-order valence-electron chi connectivity index (χ4n) is 3.10. The van der Waals surface area contributed by atoms with Crippen LogP contribution >= 0.6 is 0 Å². The second-order valence-electron chi connectivity index (χ2n) is 6.14. The highest BCUT2D eigenvalue weighted by atomic mass is 16.5. The van der Waals surface area contributed by atoms with E-state index >= 15 is 0 Å². The third-order valence-corrected chi connectivity index (χ3v) is 4.32. The van der Waals surface area contributed by atoms with Gasteiger partial charge < -0.3 is 14.6 Å². The van der Waals surface area contributed by atoms with Crippen LogP contribution in [0.1, 0.15) is 40.6 Å². The molecule has 2 aliphatic rings. The van der Waals surface area contributed by atoms with Crippen LogP contribution in [0, 0.1) is 0 Å². The molecule has 3 rings (SSSR count). The van der Waals surface area contributed by atoms with Crippen molar-refractivity contribution < 1.29 is 14.3 Å². The number of H-pyrrole nitrogens is 1. The summed E-state index contributed by atoms with van der Waals surface area (Å²) in [5.41, 5.74) is 1.10. The van der Waals surface area contributed by atoms with E-state index < -0.39 is 0 Å². The second kappa shape index (κ2) is 6.62. The monoisotopic (exact) mass is 305 g/mol. The van der Waals surface area contributed by atoms with Gasteiger partial charge in [-0.05, 0) is 25.8 Å². The zero-order chi connectivity index (χ0) is 15.5. The Morgan fingerprint density at radius 2 is 2.09 bits per heavy atom. The fourth-order valence-corrected chi connectivity index (χ4v) is 3.10. The Kier molecular flexibility index (Phi) is 4.59. The molecule has 1 aromatic heterocycles. The average molecular weight is 305 g/mol. The fraction of sp³-hybridized carbons (Fsp3) is 0.625. The number of morpholine rings is 1. The van der Waals surface area contributed by atoms with Crippen LogP contribution in [0.15, 0.2) is 12.3 Å². The summed E-state index contributed by atoms with van der Waals surface area (Å²) in [7, 11) is 0. The summed E-state index contributed by atoms with van der Waals surface area (Å²) in [5, 5.41) is 0. The predicted octanol–water partition coefficient (Wildman–Crippen LogP) is 1.15. The molecule has 2 aliphatic heterocycles. The summed E-state index contributed by atoms with van der Waals surface area (Å²) in [6.07, 6.45) is 3.94. The van der Waals surface area contributed by atoms with Crippen molar-refractivity contribution >= 4 is 11.7 Å². The maximum atomic E-state index is 12.3. The van der Waals surface area contributed by atoms with E-state index in [1.54, 1.807) is 12.3 Å². The van der Waals surface area contributed by atoms with Gasteiger partial charge in [0.25, 0.3) is 5.91 Å². The number of Topliss-reactive ketones (excluding diaryl/α,β-unsaturated/α-hetero) is 1. The molecule has 1 amide bonds. The van der Waals surface area contributed by atoms with E-state index in [9.17, 15) is 9.59 Å². The van der Waals surface area contributed by atoms with E-state index in [0.717, 1.165) is 39.0 Å². The summed E-state index contributed by atoms with van der Waals surface area (Å²) in [6.45, 7) is 6.23. The lowest BCUT2D eigenvalue weighted by Crippen LogP contribution is -2.43. The molecule has 1 aromatic rings.